The minimum absolute atomic E-state index is 0.0533. The number of rotatable bonds is 6. The predicted molar refractivity (Wildman–Crippen MR) is 109 cm³/mol. The molecule has 1 heterocycles. The Kier molecular flexibility index (Phi) is 6.17. The van der Waals surface area contributed by atoms with Gasteiger partial charge >= 0.3 is 0 Å². The van der Waals surface area contributed by atoms with Crippen LogP contribution in [-0.4, -0.2) is 44.9 Å². The Balaban J connectivity index is 1.71. The molecule has 1 fully saturated rings. The molecule has 1 aliphatic rings. The molecule has 0 spiro atoms. The van der Waals surface area contributed by atoms with Crippen LogP contribution in [0, 0.1) is 13.8 Å². The topological polar surface area (TPSA) is 75.7 Å². The molecule has 6 nitrogen and oxygen atoms in total. The number of nitrogens with one attached hydrogen (secondary N) is 1. The van der Waals surface area contributed by atoms with E-state index in [1.807, 2.05) is 32.0 Å². The fraction of sp³-hybridized carbons (Fsp3) is 0.381. The maximum atomic E-state index is 12.7. The van der Waals surface area contributed by atoms with E-state index in [9.17, 15) is 13.2 Å². The van der Waals surface area contributed by atoms with Gasteiger partial charge in [-0.1, -0.05) is 12.1 Å². The molecular formula is C21H26N2O4S. The van der Waals surface area contributed by atoms with E-state index in [-0.39, 0.29) is 16.9 Å². The molecule has 2 aromatic rings. The van der Waals surface area contributed by atoms with E-state index in [2.05, 4.69) is 5.32 Å². The van der Waals surface area contributed by atoms with Gasteiger partial charge in [-0.3, -0.25) is 4.79 Å². The molecule has 0 aliphatic carbocycles. The van der Waals surface area contributed by atoms with Crippen molar-refractivity contribution in [3.8, 4) is 0 Å². The highest BCUT2D eigenvalue weighted by atomic mass is 32.2. The van der Waals surface area contributed by atoms with Gasteiger partial charge in [0.15, 0.2) is 0 Å². The first kappa shape index (κ1) is 20.5. The second kappa shape index (κ2) is 8.43. The number of ether oxygens (including phenoxy) is 1. The summed E-state index contributed by atoms with van der Waals surface area (Å²) in [5.41, 5.74) is 3.25. The molecule has 28 heavy (non-hydrogen) atoms. The number of aryl methyl sites for hydroxylation is 1. The van der Waals surface area contributed by atoms with Crippen molar-refractivity contribution in [2.75, 3.05) is 25.5 Å². The Morgan fingerprint density at radius 3 is 2.54 bits per heavy atom. The van der Waals surface area contributed by atoms with Crippen molar-refractivity contribution in [1.29, 1.82) is 0 Å². The van der Waals surface area contributed by atoms with Crippen LogP contribution in [0.15, 0.2) is 47.4 Å². The van der Waals surface area contributed by atoms with Gasteiger partial charge < -0.3 is 10.1 Å². The lowest BCUT2D eigenvalue weighted by atomic mass is 10.1. The molecule has 3 rings (SSSR count). The van der Waals surface area contributed by atoms with Gasteiger partial charge in [0.25, 0.3) is 5.91 Å². The van der Waals surface area contributed by atoms with Crippen LogP contribution >= 0.6 is 0 Å². The second-order valence-electron chi connectivity index (χ2n) is 7.15. The molecule has 0 radical (unpaired) electrons. The van der Waals surface area contributed by atoms with Crippen molar-refractivity contribution in [3.05, 3.63) is 59.2 Å². The zero-order chi connectivity index (χ0) is 20.3. The fourth-order valence-electron chi connectivity index (χ4n) is 3.21. The molecule has 0 saturated carbocycles. The molecule has 1 N–H and O–H groups in total. The van der Waals surface area contributed by atoms with Crippen molar-refractivity contribution in [1.82, 2.24) is 4.31 Å². The zero-order valence-corrected chi connectivity index (χ0v) is 17.3. The highest BCUT2D eigenvalue weighted by molar-refractivity contribution is 7.89. The lowest BCUT2D eigenvalue weighted by molar-refractivity contribution is 0.0979. The molecule has 1 aliphatic heterocycles. The molecule has 0 unspecified atom stereocenters. The van der Waals surface area contributed by atoms with Crippen LogP contribution in [-0.2, 0) is 14.8 Å². The Hall–Kier alpha value is -2.22. The van der Waals surface area contributed by atoms with Crippen LogP contribution < -0.4 is 5.32 Å². The molecule has 1 amide bonds. The summed E-state index contributed by atoms with van der Waals surface area (Å²) in [6.45, 7) is 4.95. The van der Waals surface area contributed by atoms with Gasteiger partial charge in [-0.15, -0.1) is 0 Å². The van der Waals surface area contributed by atoms with E-state index in [0.717, 1.165) is 29.7 Å². The minimum atomic E-state index is -3.62. The summed E-state index contributed by atoms with van der Waals surface area (Å²) >= 11 is 0. The summed E-state index contributed by atoms with van der Waals surface area (Å²) in [7, 11) is -2.06. The minimum Gasteiger partial charge on any atom is -0.377 e. The van der Waals surface area contributed by atoms with Gasteiger partial charge in [0.05, 0.1) is 11.0 Å². The van der Waals surface area contributed by atoms with Gasteiger partial charge in [0.2, 0.25) is 10.0 Å². The van der Waals surface area contributed by atoms with Gasteiger partial charge in [0, 0.05) is 31.5 Å². The number of amides is 1. The van der Waals surface area contributed by atoms with Gasteiger partial charge in [-0.05, 0) is 68.1 Å². The molecule has 0 bridgehead atoms. The monoisotopic (exact) mass is 402 g/mol. The third-order valence-electron chi connectivity index (χ3n) is 5.16. The fourth-order valence-corrected chi connectivity index (χ4v) is 4.41. The second-order valence-corrected chi connectivity index (χ2v) is 9.19. The smallest absolute Gasteiger partial charge is 0.255 e. The number of nitrogens with zero attached hydrogens (tertiary/aromatic N) is 1. The number of hydrogen-bond acceptors (Lipinski definition) is 4. The van der Waals surface area contributed by atoms with Crippen molar-refractivity contribution in [2.24, 2.45) is 0 Å². The number of carbonyl (C=O) groups excluding carboxylic acids is 1. The van der Waals surface area contributed by atoms with E-state index in [1.54, 1.807) is 7.05 Å². The molecular weight excluding hydrogens is 376 g/mol. The third kappa shape index (κ3) is 4.43. The summed E-state index contributed by atoms with van der Waals surface area (Å²) in [5, 5.41) is 2.88. The Bertz CT molecular complexity index is 949. The number of sulfonamides is 1. The Labute approximate surface area is 166 Å². The number of carbonyl (C=O) groups is 1. The van der Waals surface area contributed by atoms with E-state index in [0.29, 0.717) is 18.7 Å². The average Bonchev–Trinajstić information content (AvgIpc) is 3.18. The molecule has 1 atom stereocenters. The maximum Gasteiger partial charge on any atom is 0.255 e. The molecule has 0 aromatic heterocycles. The lowest BCUT2D eigenvalue weighted by Gasteiger charge is -2.20. The van der Waals surface area contributed by atoms with Crippen molar-refractivity contribution >= 4 is 21.6 Å². The van der Waals surface area contributed by atoms with E-state index in [4.69, 9.17) is 4.74 Å². The van der Waals surface area contributed by atoms with Crippen LogP contribution in [0.5, 0.6) is 0 Å². The number of likely N-dealkylation sites (N-methyl/N-ethyl adjacent to an activating group) is 1. The molecule has 150 valence electrons. The summed E-state index contributed by atoms with van der Waals surface area (Å²) in [4.78, 5) is 12.7. The Morgan fingerprint density at radius 2 is 1.89 bits per heavy atom. The normalized spacial score (nSPS) is 17.1. The Morgan fingerprint density at radius 1 is 1.18 bits per heavy atom. The summed E-state index contributed by atoms with van der Waals surface area (Å²) < 4.78 is 32.3. The zero-order valence-electron chi connectivity index (χ0n) is 16.4. The van der Waals surface area contributed by atoms with Crippen molar-refractivity contribution in [3.63, 3.8) is 0 Å². The van der Waals surface area contributed by atoms with Crippen LogP contribution in [0.3, 0.4) is 0 Å². The van der Waals surface area contributed by atoms with E-state index < -0.39 is 10.0 Å². The van der Waals surface area contributed by atoms with Gasteiger partial charge in [0.1, 0.15) is 0 Å². The highest BCUT2D eigenvalue weighted by Gasteiger charge is 2.26. The van der Waals surface area contributed by atoms with Crippen LogP contribution in [0.2, 0.25) is 0 Å². The first-order chi connectivity index (χ1) is 13.3. The van der Waals surface area contributed by atoms with Gasteiger partial charge in [-0.25, -0.2) is 8.42 Å². The van der Waals surface area contributed by atoms with E-state index >= 15 is 0 Å². The quantitative estimate of drug-likeness (QED) is 0.804. The lowest BCUT2D eigenvalue weighted by Crippen LogP contribution is -2.34. The average molecular weight is 403 g/mol. The van der Waals surface area contributed by atoms with Crippen LogP contribution in [0.25, 0.3) is 0 Å². The number of anilines is 1. The number of hydrogen-bond donors (Lipinski definition) is 1. The first-order valence-electron chi connectivity index (χ1n) is 9.34. The summed E-state index contributed by atoms with van der Waals surface area (Å²) in [5.74, 6) is -0.273. The molecule has 7 heteroatoms. The summed E-state index contributed by atoms with van der Waals surface area (Å²) in [6.07, 6.45) is 1.78. The first-order valence-corrected chi connectivity index (χ1v) is 10.8. The van der Waals surface area contributed by atoms with Crippen molar-refractivity contribution < 1.29 is 17.9 Å². The van der Waals surface area contributed by atoms with Crippen LogP contribution in [0.1, 0.15) is 34.3 Å². The third-order valence-corrected chi connectivity index (χ3v) is 7.00. The van der Waals surface area contributed by atoms with Crippen LogP contribution in [0.4, 0.5) is 5.69 Å². The highest BCUT2D eigenvalue weighted by Crippen LogP contribution is 2.21. The van der Waals surface area contributed by atoms with Crippen molar-refractivity contribution in [2.45, 2.75) is 37.7 Å². The largest absolute Gasteiger partial charge is 0.377 e. The standard InChI is InChI=1S/C21H26N2O4S/c1-15-6-4-8-20(16(15)2)22-21(24)17-9-11-19(12-10-17)28(25,26)23(3)14-18-7-5-13-27-18/h4,6,8-12,18H,5,7,13-14H2,1-3H3,(H,22,24)/t18-/m1/s1. The van der Waals surface area contributed by atoms with E-state index in [1.165, 1.54) is 28.6 Å². The summed E-state index contributed by atoms with van der Waals surface area (Å²) in [6, 6.07) is 11.7. The SMILES string of the molecule is Cc1cccc(NC(=O)c2ccc(S(=O)(=O)N(C)C[C@H]3CCCO3)cc2)c1C. The van der Waals surface area contributed by atoms with Gasteiger partial charge in [-0.2, -0.15) is 4.31 Å². The maximum absolute atomic E-state index is 12.7. The number of benzene rings is 2. The molecule has 1 saturated heterocycles. The predicted octanol–water partition coefficient (Wildman–Crippen LogP) is 3.36. The molecule has 2 aromatic carbocycles.